The normalized spacial score (nSPS) is 18.2. The third kappa shape index (κ3) is 5.54. The van der Waals surface area contributed by atoms with Crippen molar-refractivity contribution in [1.29, 1.82) is 0 Å². The summed E-state index contributed by atoms with van der Waals surface area (Å²) in [5.74, 6) is 1.70. The lowest BCUT2D eigenvalue weighted by molar-refractivity contribution is -0.134. The van der Waals surface area contributed by atoms with E-state index in [0.717, 1.165) is 49.7 Å². The molecule has 0 spiro atoms. The molecule has 1 saturated carbocycles. The Morgan fingerprint density at radius 2 is 2.00 bits per heavy atom. The van der Waals surface area contributed by atoms with Crippen LogP contribution in [-0.4, -0.2) is 43.1 Å². The summed E-state index contributed by atoms with van der Waals surface area (Å²) < 4.78 is 5.66. The highest BCUT2D eigenvalue weighted by Gasteiger charge is 2.26. The first-order chi connectivity index (χ1) is 11.1. The number of piperidine rings is 1. The van der Waals surface area contributed by atoms with Gasteiger partial charge in [0.05, 0.1) is 0 Å². The maximum absolute atomic E-state index is 12.3. The number of nitrogens with one attached hydrogen (secondary N) is 1. The van der Waals surface area contributed by atoms with Crippen LogP contribution >= 0.6 is 24.0 Å². The summed E-state index contributed by atoms with van der Waals surface area (Å²) >= 11 is 5.93. The highest BCUT2D eigenvalue weighted by molar-refractivity contribution is 6.30. The van der Waals surface area contributed by atoms with Crippen molar-refractivity contribution < 1.29 is 9.53 Å². The number of likely N-dealkylation sites (tertiary alicyclic amines) is 1. The average Bonchev–Trinajstić information content (AvgIpc) is 3.37. The third-order valence-electron chi connectivity index (χ3n) is 4.73. The zero-order chi connectivity index (χ0) is 16.2. The van der Waals surface area contributed by atoms with E-state index >= 15 is 0 Å². The van der Waals surface area contributed by atoms with E-state index in [1.807, 2.05) is 24.0 Å². The maximum Gasteiger partial charge on any atom is 0.260 e. The average molecular weight is 373 g/mol. The first kappa shape index (κ1) is 19.4. The summed E-state index contributed by atoms with van der Waals surface area (Å²) in [5.41, 5.74) is 0.952. The molecule has 0 bridgehead atoms. The fourth-order valence-electron chi connectivity index (χ4n) is 2.99. The zero-order valence-electron chi connectivity index (χ0n) is 14.1. The molecular weight excluding hydrogens is 347 g/mol. The minimum Gasteiger partial charge on any atom is -0.483 e. The second-order valence-corrected chi connectivity index (χ2v) is 7.14. The Hall–Kier alpha value is -0.970. The Kier molecular flexibility index (Phi) is 7.20. The highest BCUT2D eigenvalue weighted by atomic mass is 35.5. The predicted molar refractivity (Wildman–Crippen MR) is 99.3 cm³/mol. The number of amides is 1. The van der Waals surface area contributed by atoms with Crippen LogP contribution in [-0.2, 0) is 4.79 Å². The van der Waals surface area contributed by atoms with E-state index in [1.165, 1.54) is 12.8 Å². The molecule has 134 valence electrons. The van der Waals surface area contributed by atoms with Crippen molar-refractivity contribution >= 4 is 29.9 Å². The van der Waals surface area contributed by atoms with Gasteiger partial charge in [-0.05, 0) is 68.8 Å². The smallest absolute Gasteiger partial charge is 0.260 e. The Balaban J connectivity index is 0.00000208. The minimum atomic E-state index is 0. The Bertz CT molecular complexity index is 556. The molecular formula is C18H26Cl2N2O2. The Morgan fingerprint density at radius 3 is 2.62 bits per heavy atom. The molecule has 1 aliphatic carbocycles. The fourth-order valence-corrected chi connectivity index (χ4v) is 3.22. The molecule has 1 saturated heterocycles. The van der Waals surface area contributed by atoms with E-state index in [4.69, 9.17) is 16.3 Å². The van der Waals surface area contributed by atoms with E-state index < -0.39 is 0 Å². The van der Waals surface area contributed by atoms with Crippen LogP contribution in [0.15, 0.2) is 18.2 Å². The van der Waals surface area contributed by atoms with Crippen LogP contribution in [0.2, 0.25) is 5.02 Å². The summed E-state index contributed by atoms with van der Waals surface area (Å²) in [6.07, 6.45) is 4.84. The molecule has 1 heterocycles. The first-order valence-corrected chi connectivity index (χ1v) is 8.89. The second-order valence-electron chi connectivity index (χ2n) is 6.71. The molecule has 1 aliphatic heterocycles. The Labute approximate surface area is 155 Å². The standard InChI is InChI=1S/C18H25ClN2O2.ClH/c1-13-10-15(19)4-5-17(13)23-12-18(22)21-8-6-16(7-9-21)20-11-14-2-3-14;/h4-5,10,14,16,20H,2-3,6-9,11-12H2,1H3;1H. The van der Waals surface area contributed by atoms with Crippen molar-refractivity contribution in [3.05, 3.63) is 28.8 Å². The fraction of sp³-hybridized carbons (Fsp3) is 0.611. The summed E-state index contributed by atoms with van der Waals surface area (Å²) in [4.78, 5) is 14.2. The van der Waals surface area contributed by atoms with Gasteiger partial charge in [0, 0.05) is 24.2 Å². The molecule has 2 aliphatic rings. The van der Waals surface area contributed by atoms with Gasteiger partial charge < -0.3 is 15.0 Å². The van der Waals surface area contributed by atoms with Crippen LogP contribution < -0.4 is 10.1 Å². The molecule has 0 atom stereocenters. The van der Waals surface area contributed by atoms with E-state index in [2.05, 4.69) is 5.32 Å². The highest BCUT2D eigenvalue weighted by Crippen LogP contribution is 2.28. The van der Waals surface area contributed by atoms with E-state index in [9.17, 15) is 4.79 Å². The van der Waals surface area contributed by atoms with Gasteiger partial charge in [0.1, 0.15) is 5.75 Å². The topological polar surface area (TPSA) is 41.6 Å². The lowest BCUT2D eigenvalue weighted by Crippen LogP contribution is -2.46. The summed E-state index contributed by atoms with van der Waals surface area (Å²) in [6, 6.07) is 6.02. The van der Waals surface area contributed by atoms with Crippen LogP contribution in [0, 0.1) is 12.8 Å². The van der Waals surface area contributed by atoms with Crippen molar-refractivity contribution in [3.63, 3.8) is 0 Å². The van der Waals surface area contributed by atoms with Crippen LogP contribution in [0.25, 0.3) is 0 Å². The van der Waals surface area contributed by atoms with Crippen LogP contribution in [0.3, 0.4) is 0 Å². The number of rotatable bonds is 6. The lowest BCUT2D eigenvalue weighted by atomic mass is 10.0. The van der Waals surface area contributed by atoms with Crippen molar-refractivity contribution in [2.75, 3.05) is 26.2 Å². The molecule has 2 fully saturated rings. The molecule has 0 radical (unpaired) electrons. The van der Waals surface area contributed by atoms with Crippen molar-refractivity contribution in [2.24, 2.45) is 5.92 Å². The van der Waals surface area contributed by atoms with Gasteiger partial charge in [-0.1, -0.05) is 11.6 Å². The zero-order valence-corrected chi connectivity index (χ0v) is 15.7. The number of hydrogen-bond acceptors (Lipinski definition) is 3. The van der Waals surface area contributed by atoms with E-state index in [0.29, 0.717) is 11.1 Å². The summed E-state index contributed by atoms with van der Waals surface area (Å²) in [7, 11) is 0. The van der Waals surface area contributed by atoms with Gasteiger partial charge in [0.2, 0.25) is 0 Å². The number of carbonyl (C=O) groups is 1. The number of aryl methyl sites for hydroxylation is 1. The molecule has 6 heteroatoms. The first-order valence-electron chi connectivity index (χ1n) is 8.52. The molecule has 1 aromatic rings. The SMILES string of the molecule is Cc1cc(Cl)ccc1OCC(=O)N1CCC(NCC2CC2)CC1.Cl. The van der Waals surface area contributed by atoms with Crippen molar-refractivity contribution in [2.45, 2.75) is 38.6 Å². The summed E-state index contributed by atoms with van der Waals surface area (Å²) in [5, 5.41) is 4.31. The van der Waals surface area contributed by atoms with Gasteiger partial charge in [0.15, 0.2) is 6.61 Å². The molecule has 1 amide bonds. The van der Waals surface area contributed by atoms with E-state index in [1.54, 1.807) is 6.07 Å². The van der Waals surface area contributed by atoms with Crippen LogP contribution in [0.5, 0.6) is 5.75 Å². The monoisotopic (exact) mass is 372 g/mol. The van der Waals surface area contributed by atoms with Gasteiger partial charge in [-0.3, -0.25) is 4.79 Å². The van der Waals surface area contributed by atoms with Gasteiger partial charge in [-0.25, -0.2) is 0 Å². The van der Waals surface area contributed by atoms with Crippen molar-refractivity contribution in [3.8, 4) is 5.75 Å². The number of nitrogens with zero attached hydrogens (tertiary/aromatic N) is 1. The van der Waals surface area contributed by atoms with Gasteiger partial charge >= 0.3 is 0 Å². The van der Waals surface area contributed by atoms with Crippen LogP contribution in [0.4, 0.5) is 0 Å². The van der Waals surface area contributed by atoms with Gasteiger partial charge in [-0.15, -0.1) is 12.4 Å². The number of halogens is 2. The quantitative estimate of drug-likeness (QED) is 0.831. The molecule has 24 heavy (non-hydrogen) atoms. The van der Waals surface area contributed by atoms with Crippen molar-refractivity contribution in [1.82, 2.24) is 10.2 Å². The maximum atomic E-state index is 12.3. The predicted octanol–water partition coefficient (Wildman–Crippen LogP) is 3.44. The minimum absolute atomic E-state index is 0. The lowest BCUT2D eigenvalue weighted by Gasteiger charge is -2.32. The third-order valence-corrected chi connectivity index (χ3v) is 4.96. The largest absolute Gasteiger partial charge is 0.483 e. The summed E-state index contributed by atoms with van der Waals surface area (Å²) in [6.45, 7) is 4.83. The molecule has 3 rings (SSSR count). The van der Waals surface area contributed by atoms with E-state index in [-0.39, 0.29) is 24.9 Å². The molecule has 0 unspecified atom stereocenters. The Morgan fingerprint density at radius 1 is 1.29 bits per heavy atom. The number of hydrogen-bond donors (Lipinski definition) is 1. The number of ether oxygens (including phenoxy) is 1. The van der Waals surface area contributed by atoms with Gasteiger partial charge in [-0.2, -0.15) is 0 Å². The molecule has 1 N–H and O–H groups in total. The number of benzene rings is 1. The molecule has 4 nitrogen and oxygen atoms in total. The molecule has 0 aromatic heterocycles. The van der Waals surface area contributed by atoms with Crippen LogP contribution in [0.1, 0.15) is 31.2 Å². The second kappa shape index (κ2) is 8.93. The van der Waals surface area contributed by atoms with Gasteiger partial charge in [0.25, 0.3) is 5.91 Å². The molecule has 1 aromatic carbocycles. The number of carbonyl (C=O) groups excluding carboxylic acids is 1.